The first-order chi connectivity index (χ1) is 22.1. The number of carbonyl (C=O) groups is 3. The number of halogens is 2. The Balaban J connectivity index is 1.30. The van der Waals surface area contributed by atoms with Gasteiger partial charge in [-0.15, -0.1) is 0 Å². The number of carbonyl (C=O) groups excluding carboxylic acids is 3. The van der Waals surface area contributed by atoms with Crippen molar-refractivity contribution in [3.63, 3.8) is 0 Å². The van der Waals surface area contributed by atoms with Gasteiger partial charge in [-0.25, -0.2) is 4.79 Å². The lowest BCUT2D eigenvalue weighted by Gasteiger charge is -2.29. The molecule has 0 aromatic heterocycles. The smallest absolute Gasteiger partial charge is 0.361 e. The average molecular weight is 664 g/mol. The van der Waals surface area contributed by atoms with Gasteiger partial charge < -0.3 is 36.3 Å². The van der Waals surface area contributed by atoms with Crippen LogP contribution in [0.4, 0.5) is 5.69 Å². The van der Waals surface area contributed by atoms with Crippen molar-refractivity contribution in [1.29, 1.82) is 0 Å². The number of nitrogens with two attached hydrogens (primary N) is 1. The molecule has 4 aromatic rings. The van der Waals surface area contributed by atoms with Crippen LogP contribution in [0.25, 0.3) is 11.1 Å². The van der Waals surface area contributed by atoms with E-state index in [0.717, 1.165) is 11.1 Å². The molecule has 1 aliphatic rings. The molecule has 0 radical (unpaired) electrons. The van der Waals surface area contributed by atoms with Gasteiger partial charge >= 0.3 is 5.97 Å². The highest BCUT2D eigenvalue weighted by atomic mass is 35.5. The summed E-state index contributed by atoms with van der Waals surface area (Å²) in [5.41, 5.74) is 6.61. The molecule has 0 aliphatic carbocycles. The summed E-state index contributed by atoms with van der Waals surface area (Å²) in [5, 5.41) is 19.4. The van der Waals surface area contributed by atoms with Crippen molar-refractivity contribution in [2.75, 3.05) is 25.4 Å². The first kappa shape index (κ1) is 32.8. The highest BCUT2D eigenvalue weighted by Gasteiger charge is 2.41. The van der Waals surface area contributed by atoms with Crippen molar-refractivity contribution in [2.24, 2.45) is 0 Å². The van der Waals surface area contributed by atoms with E-state index in [1.54, 1.807) is 60.7 Å². The minimum Gasteiger partial charge on any atom is -0.493 e. The van der Waals surface area contributed by atoms with Crippen LogP contribution in [0.2, 0.25) is 10.0 Å². The third-order valence-electron chi connectivity index (χ3n) is 7.37. The molecule has 1 unspecified atom stereocenters. The molecule has 2 amide bonds. The van der Waals surface area contributed by atoms with Crippen LogP contribution in [0.1, 0.15) is 33.9 Å². The molecule has 2 atom stereocenters. The van der Waals surface area contributed by atoms with E-state index in [1.165, 1.54) is 0 Å². The van der Waals surface area contributed by atoms with Crippen molar-refractivity contribution in [2.45, 2.75) is 24.8 Å². The zero-order valence-electron chi connectivity index (χ0n) is 24.6. The Morgan fingerprint density at radius 1 is 0.935 bits per heavy atom. The van der Waals surface area contributed by atoms with E-state index in [2.05, 4.69) is 16.0 Å². The Kier molecular flexibility index (Phi) is 10.4. The van der Waals surface area contributed by atoms with Crippen LogP contribution in [0.15, 0.2) is 91.0 Å². The number of nitrogen functional groups attached to an aromatic ring is 1. The summed E-state index contributed by atoms with van der Waals surface area (Å²) in [6.45, 7) is -0.609. The zero-order valence-corrected chi connectivity index (χ0v) is 26.1. The van der Waals surface area contributed by atoms with E-state index in [1.807, 2.05) is 30.3 Å². The molecule has 0 saturated carbocycles. The highest BCUT2D eigenvalue weighted by Crippen LogP contribution is 2.34. The Hall–Kier alpha value is -4.61. The number of anilines is 1. The topological polar surface area (TPSA) is 152 Å². The summed E-state index contributed by atoms with van der Waals surface area (Å²) in [4.78, 5) is 39.6. The van der Waals surface area contributed by atoms with E-state index >= 15 is 0 Å². The number of esters is 1. The molecule has 0 fully saturated rings. The van der Waals surface area contributed by atoms with Crippen molar-refractivity contribution in [3.8, 4) is 16.9 Å². The van der Waals surface area contributed by atoms with Crippen LogP contribution in [-0.2, 0) is 20.9 Å². The molecule has 46 heavy (non-hydrogen) atoms. The molecule has 0 spiro atoms. The molecule has 4 aromatic carbocycles. The normalized spacial score (nSPS) is 15.1. The molecule has 6 N–H and O–H groups in total. The molecule has 0 bridgehead atoms. The van der Waals surface area contributed by atoms with E-state index < -0.39 is 30.1 Å². The zero-order chi connectivity index (χ0) is 32.7. The number of hydrogen-bond acceptors (Lipinski definition) is 8. The van der Waals surface area contributed by atoms with Crippen LogP contribution in [0, 0.1) is 0 Å². The number of amides is 2. The number of fused-ring (bicyclic) bond motifs is 1. The Morgan fingerprint density at radius 3 is 2.30 bits per heavy atom. The molecule has 1 aliphatic heterocycles. The molecular weight excluding hydrogens is 631 g/mol. The number of benzene rings is 4. The number of nitrogens with one attached hydrogen (secondary N) is 3. The first-order valence-electron chi connectivity index (χ1n) is 14.5. The number of aliphatic hydroxyl groups is 1. The van der Waals surface area contributed by atoms with Gasteiger partial charge in [0.25, 0.3) is 11.6 Å². The highest BCUT2D eigenvalue weighted by molar-refractivity contribution is 6.40. The predicted octanol–water partition coefficient (Wildman–Crippen LogP) is 4.63. The Labute approximate surface area is 275 Å². The summed E-state index contributed by atoms with van der Waals surface area (Å²) in [5.74, 6) is -2.02. The second-order valence-corrected chi connectivity index (χ2v) is 11.5. The summed E-state index contributed by atoms with van der Waals surface area (Å²) >= 11 is 13.0. The van der Waals surface area contributed by atoms with Gasteiger partial charge in [-0.2, -0.15) is 0 Å². The predicted molar refractivity (Wildman–Crippen MR) is 175 cm³/mol. The molecule has 10 nitrogen and oxygen atoms in total. The summed E-state index contributed by atoms with van der Waals surface area (Å²) in [7, 11) is 0. The van der Waals surface area contributed by atoms with Crippen molar-refractivity contribution in [3.05, 3.63) is 118 Å². The van der Waals surface area contributed by atoms with E-state index in [4.69, 9.17) is 38.4 Å². The Morgan fingerprint density at radius 2 is 1.61 bits per heavy atom. The largest absolute Gasteiger partial charge is 0.493 e. The summed E-state index contributed by atoms with van der Waals surface area (Å²) in [6.07, 6.45) is 0.597. The molecular formula is C34H32Cl2N4O6. The standard InChI is InChI=1S/C34H32Cl2N4O6/c35-26-15-23(22-9-5-2-6-10-22)16-27(36)31(26)32(42)40-34(44,33(43)46-19-21-7-3-1-4-8-21)20-39-30(41)18-38-28-13-14-45-29-12-11-24(37)17-25(28)29/h1-12,15-17,28,38,44H,13-14,18-20,37H2,(H,39,41)(H,40,42)/t28-,34?/m1/s1. The van der Waals surface area contributed by atoms with E-state index in [-0.39, 0.29) is 34.8 Å². The number of rotatable bonds is 11. The second-order valence-electron chi connectivity index (χ2n) is 10.7. The molecule has 12 heteroatoms. The van der Waals surface area contributed by atoms with Gasteiger partial charge in [0.05, 0.1) is 35.3 Å². The van der Waals surface area contributed by atoms with Crippen molar-refractivity contribution in [1.82, 2.24) is 16.0 Å². The minimum absolute atomic E-state index is 0.00512. The van der Waals surface area contributed by atoms with Gasteiger partial charge in [-0.1, -0.05) is 83.9 Å². The van der Waals surface area contributed by atoms with Gasteiger partial charge in [0.2, 0.25) is 5.91 Å². The maximum Gasteiger partial charge on any atom is 0.361 e. The molecule has 5 rings (SSSR count). The van der Waals surface area contributed by atoms with Gasteiger partial charge in [-0.3, -0.25) is 9.59 Å². The van der Waals surface area contributed by atoms with Gasteiger partial charge in [0.15, 0.2) is 0 Å². The maximum absolute atomic E-state index is 13.5. The SMILES string of the molecule is Nc1ccc2c(c1)[C@H](NCC(=O)NCC(O)(NC(=O)c1c(Cl)cc(-c3ccccc3)cc1Cl)C(=O)OCc1ccccc1)CCO2. The lowest BCUT2D eigenvalue weighted by molar-refractivity contribution is -0.169. The fourth-order valence-electron chi connectivity index (χ4n) is 4.98. The monoisotopic (exact) mass is 662 g/mol. The van der Waals surface area contributed by atoms with E-state index in [0.29, 0.717) is 35.6 Å². The van der Waals surface area contributed by atoms with Crippen LogP contribution >= 0.6 is 23.2 Å². The maximum atomic E-state index is 13.5. The minimum atomic E-state index is -2.67. The third-order valence-corrected chi connectivity index (χ3v) is 7.97. The van der Waals surface area contributed by atoms with Gasteiger partial charge in [0.1, 0.15) is 12.4 Å². The van der Waals surface area contributed by atoms with Crippen LogP contribution in [-0.4, -0.2) is 48.3 Å². The van der Waals surface area contributed by atoms with Crippen LogP contribution < -0.4 is 26.4 Å². The third kappa shape index (κ3) is 7.96. The average Bonchev–Trinajstić information content (AvgIpc) is 3.05. The summed E-state index contributed by atoms with van der Waals surface area (Å²) < 4.78 is 11.0. The Bertz CT molecular complexity index is 1700. The lowest BCUT2D eigenvalue weighted by Crippen LogP contribution is -2.62. The second kappa shape index (κ2) is 14.7. The van der Waals surface area contributed by atoms with Crippen LogP contribution in [0.5, 0.6) is 5.75 Å². The molecule has 1 heterocycles. The van der Waals surface area contributed by atoms with Crippen molar-refractivity contribution < 1.29 is 29.0 Å². The molecule has 238 valence electrons. The van der Waals surface area contributed by atoms with Crippen molar-refractivity contribution >= 4 is 46.7 Å². The van der Waals surface area contributed by atoms with Gasteiger partial charge in [0, 0.05) is 23.7 Å². The van der Waals surface area contributed by atoms with Gasteiger partial charge in [-0.05, 0) is 47.0 Å². The number of hydrogen-bond donors (Lipinski definition) is 5. The fourth-order valence-corrected chi connectivity index (χ4v) is 5.64. The fraction of sp³-hybridized carbons (Fsp3) is 0.206. The lowest BCUT2D eigenvalue weighted by atomic mass is 10.00. The van der Waals surface area contributed by atoms with E-state index in [9.17, 15) is 19.5 Å². The first-order valence-corrected chi connectivity index (χ1v) is 15.2. The quantitative estimate of drug-likeness (QED) is 0.0885. The molecule has 0 saturated heterocycles. The van der Waals surface area contributed by atoms with Crippen LogP contribution in [0.3, 0.4) is 0 Å². The number of ether oxygens (including phenoxy) is 2. The summed E-state index contributed by atoms with van der Waals surface area (Å²) in [6, 6.07) is 26.3.